The Hall–Kier alpha value is -3.57. The summed E-state index contributed by atoms with van der Waals surface area (Å²) >= 11 is 6.20. The Bertz CT molecular complexity index is 1170. The molecule has 31 heavy (non-hydrogen) atoms. The van der Waals surface area contributed by atoms with Crippen molar-refractivity contribution < 1.29 is 14.3 Å². The van der Waals surface area contributed by atoms with Gasteiger partial charge in [-0.2, -0.15) is 10.1 Å². The van der Waals surface area contributed by atoms with E-state index in [9.17, 15) is 4.79 Å². The highest BCUT2D eigenvalue weighted by Crippen LogP contribution is 2.31. The van der Waals surface area contributed by atoms with Crippen molar-refractivity contribution in [3.63, 3.8) is 0 Å². The first-order valence-corrected chi connectivity index (χ1v) is 10.2. The first kappa shape index (κ1) is 20.7. The number of para-hydroxylation sites is 1. The van der Waals surface area contributed by atoms with E-state index in [-0.39, 0.29) is 5.91 Å². The molecule has 4 rings (SSSR count). The van der Waals surface area contributed by atoms with Crippen LogP contribution in [0, 0.1) is 0 Å². The van der Waals surface area contributed by atoms with Gasteiger partial charge in [-0.1, -0.05) is 54.1 Å². The van der Waals surface area contributed by atoms with Crippen molar-refractivity contribution in [3.05, 3.63) is 94.5 Å². The number of halogens is 1. The summed E-state index contributed by atoms with van der Waals surface area (Å²) in [6, 6.07) is 22.4. The Morgan fingerprint density at radius 2 is 1.74 bits per heavy atom. The molecule has 0 bridgehead atoms. The quantitative estimate of drug-likeness (QED) is 0.467. The van der Waals surface area contributed by atoms with Crippen LogP contribution < -0.4 is 14.5 Å². The van der Waals surface area contributed by atoms with Gasteiger partial charge in [0.25, 0.3) is 5.91 Å². The lowest BCUT2D eigenvalue weighted by Crippen LogP contribution is -2.21. The molecular weight excluding hydrogens is 412 g/mol. The number of rotatable bonds is 6. The van der Waals surface area contributed by atoms with Gasteiger partial charge in [-0.15, -0.1) is 0 Å². The Morgan fingerprint density at radius 1 is 1.00 bits per heavy atom. The minimum absolute atomic E-state index is 0.165. The third kappa shape index (κ3) is 4.47. The first-order valence-electron chi connectivity index (χ1n) is 9.78. The van der Waals surface area contributed by atoms with E-state index in [0.717, 1.165) is 16.8 Å². The summed E-state index contributed by atoms with van der Waals surface area (Å²) in [5.41, 5.74) is 3.63. The third-order valence-electron chi connectivity index (χ3n) is 4.90. The summed E-state index contributed by atoms with van der Waals surface area (Å²) in [5, 5.41) is 6.48. The van der Waals surface area contributed by atoms with Crippen molar-refractivity contribution >= 4 is 35.0 Å². The van der Waals surface area contributed by atoms with Gasteiger partial charge in [-0.3, -0.25) is 4.79 Å². The highest BCUT2D eigenvalue weighted by Gasteiger charge is 2.28. The van der Waals surface area contributed by atoms with Crippen LogP contribution >= 0.6 is 11.6 Å². The highest BCUT2D eigenvalue weighted by molar-refractivity contribution is 6.32. The highest BCUT2D eigenvalue weighted by atomic mass is 35.5. The molecule has 0 spiro atoms. The van der Waals surface area contributed by atoms with E-state index in [1.807, 2.05) is 85.8 Å². The van der Waals surface area contributed by atoms with Crippen molar-refractivity contribution in [2.24, 2.45) is 5.10 Å². The Balaban J connectivity index is 1.55. The summed E-state index contributed by atoms with van der Waals surface area (Å²) < 4.78 is 11.4. The summed E-state index contributed by atoms with van der Waals surface area (Å²) in [7, 11) is 1.58. The molecular formula is C25H21ClN2O3. The molecule has 1 heterocycles. The molecule has 5 nitrogen and oxygen atoms in total. The SMILES string of the molecule is COc1cc(/C=C2/C(=O)N(c3ccccc3)N=C2C)ccc1OCc1ccccc1Cl. The lowest BCUT2D eigenvalue weighted by atomic mass is 10.1. The number of methoxy groups -OCH3 is 1. The molecule has 156 valence electrons. The average Bonchev–Trinajstić information content (AvgIpc) is 3.08. The van der Waals surface area contributed by atoms with Gasteiger partial charge in [0.15, 0.2) is 11.5 Å². The van der Waals surface area contributed by atoms with Crippen LogP contribution in [0.4, 0.5) is 5.69 Å². The fourth-order valence-corrected chi connectivity index (χ4v) is 3.45. The van der Waals surface area contributed by atoms with Crippen LogP contribution in [-0.4, -0.2) is 18.7 Å². The van der Waals surface area contributed by atoms with Crippen LogP contribution in [0.25, 0.3) is 6.08 Å². The van der Waals surface area contributed by atoms with Gasteiger partial charge in [0.1, 0.15) is 6.61 Å². The number of nitrogens with zero attached hydrogens (tertiary/aromatic N) is 2. The smallest absolute Gasteiger partial charge is 0.280 e. The largest absolute Gasteiger partial charge is 0.493 e. The van der Waals surface area contributed by atoms with Gasteiger partial charge in [0, 0.05) is 10.6 Å². The summed E-state index contributed by atoms with van der Waals surface area (Å²) in [6.07, 6.45) is 1.81. The molecule has 0 unspecified atom stereocenters. The molecule has 6 heteroatoms. The molecule has 0 aliphatic carbocycles. The van der Waals surface area contributed by atoms with Gasteiger partial charge in [-0.25, -0.2) is 0 Å². The Labute approximate surface area is 186 Å². The van der Waals surface area contributed by atoms with Crippen LogP contribution in [0.2, 0.25) is 5.02 Å². The molecule has 1 amide bonds. The third-order valence-corrected chi connectivity index (χ3v) is 5.27. The molecule has 0 aromatic heterocycles. The Morgan fingerprint density at radius 3 is 2.48 bits per heavy atom. The zero-order valence-corrected chi connectivity index (χ0v) is 18.0. The molecule has 0 saturated heterocycles. The maximum Gasteiger partial charge on any atom is 0.280 e. The van der Waals surface area contributed by atoms with Crippen LogP contribution in [0.15, 0.2) is 83.5 Å². The van der Waals surface area contributed by atoms with E-state index >= 15 is 0 Å². The fourth-order valence-electron chi connectivity index (χ4n) is 3.26. The molecule has 0 radical (unpaired) electrons. The monoisotopic (exact) mass is 432 g/mol. The Kier molecular flexibility index (Phi) is 6.05. The van der Waals surface area contributed by atoms with Gasteiger partial charge in [-0.05, 0) is 48.9 Å². The molecule has 0 saturated carbocycles. The van der Waals surface area contributed by atoms with Crippen molar-refractivity contribution in [1.29, 1.82) is 0 Å². The van der Waals surface area contributed by atoms with E-state index in [1.54, 1.807) is 7.11 Å². The van der Waals surface area contributed by atoms with Crippen LogP contribution in [-0.2, 0) is 11.4 Å². The number of hydrogen-bond donors (Lipinski definition) is 0. The second-order valence-electron chi connectivity index (χ2n) is 6.99. The van der Waals surface area contributed by atoms with Gasteiger partial charge >= 0.3 is 0 Å². The molecule has 0 atom stereocenters. The number of amides is 1. The topological polar surface area (TPSA) is 51.1 Å². The normalized spacial score (nSPS) is 14.7. The zero-order chi connectivity index (χ0) is 21.8. The standard InChI is InChI=1S/C25H21ClN2O3/c1-17-21(25(29)28(27-17)20-9-4-3-5-10-20)14-18-12-13-23(24(15-18)30-2)31-16-19-8-6-7-11-22(19)26/h3-15H,16H2,1-2H3/b21-14+. The van der Waals surface area contributed by atoms with Crippen molar-refractivity contribution in [2.75, 3.05) is 12.1 Å². The van der Waals surface area contributed by atoms with Crippen LogP contribution in [0.1, 0.15) is 18.1 Å². The summed E-state index contributed by atoms with van der Waals surface area (Å²) in [6.45, 7) is 2.15. The fraction of sp³-hybridized carbons (Fsp3) is 0.120. The molecule has 3 aromatic rings. The number of hydrazone groups is 1. The number of anilines is 1. The number of carbonyl (C=O) groups is 1. The van der Waals surface area contributed by atoms with Crippen LogP contribution in [0.3, 0.4) is 0 Å². The van der Waals surface area contributed by atoms with E-state index in [0.29, 0.717) is 34.4 Å². The van der Waals surface area contributed by atoms with Crippen LogP contribution in [0.5, 0.6) is 11.5 Å². The lowest BCUT2D eigenvalue weighted by molar-refractivity contribution is -0.114. The first-order chi connectivity index (χ1) is 15.1. The minimum Gasteiger partial charge on any atom is -0.493 e. The zero-order valence-electron chi connectivity index (χ0n) is 17.2. The average molecular weight is 433 g/mol. The van der Waals surface area contributed by atoms with E-state index < -0.39 is 0 Å². The predicted octanol–water partition coefficient (Wildman–Crippen LogP) is 5.73. The number of ether oxygens (including phenoxy) is 2. The van der Waals surface area contributed by atoms with Gasteiger partial charge in [0.2, 0.25) is 0 Å². The molecule has 3 aromatic carbocycles. The lowest BCUT2D eigenvalue weighted by Gasteiger charge is -2.13. The predicted molar refractivity (Wildman–Crippen MR) is 124 cm³/mol. The number of hydrogen-bond acceptors (Lipinski definition) is 4. The van der Waals surface area contributed by atoms with E-state index in [2.05, 4.69) is 5.10 Å². The second-order valence-corrected chi connectivity index (χ2v) is 7.39. The van der Waals surface area contributed by atoms with Gasteiger partial charge < -0.3 is 9.47 Å². The molecule has 0 N–H and O–H groups in total. The van der Waals surface area contributed by atoms with E-state index in [4.69, 9.17) is 21.1 Å². The maximum absolute atomic E-state index is 12.9. The summed E-state index contributed by atoms with van der Waals surface area (Å²) in [5.74, 6) is 1.00. The van der Waals surface area contributed by atoms with Crippen molar-refractivity contribution in [3.8, 4) is 11.5 Å². The second kappa shape index (κ2) is 9.06. The molecule has 1 aliphatic heterocycles. The summed E-state index contributed by atoms with van der Waals surface area (Å²) in [4.78, 5) is 12.9. The van der Waals surface area contributed by atoms with Gasteiger partial charge in [0.05, 0.1) is 24.1 Å². The van der Waals surface area contributed by atoms with Crippen molar-refractivity contribution in [2.45, 2.75) is 13.5 Å². The number of carbonyl (C=O) groups excluding carboxylic acids is 1. The molecule has 1 aliphatic rings. The number of benzene rings is 3. The van der Waals surface area contributed by atoms with E-state index in [1.165, 1.54) is 5.01 Å². The van der Waals surface area contributed by atoms with Crippen molar-refractivity contribution in [1.82, 2.24) is 0 Å². The minimum atomic E-state index is -0.165. The molecule has 0 fully saturated rings. The maximum atomic E-state index is 12.9.